The summed E-state index contributed by atoms with van der Waals surface area (Å²) < 4.78 is 0. The number of pyridine rings is 1. The molecule has 1 aliphatic rings. The number of aromatic nitrogens is 1. The first-order valence-electron chi connectivity index (χ1n) is 6.10. The van der Waals surface area contributed by atoms with Crippen LogP contribution in [0.4, 0.5) is 0 Å². The Labute approximate surface area is 102 Å². The summed E-state index contributed by atoms with van der Waals surface area (Å²) in [6, 6.07) is 5.65. The molecule has 0 unspecified atom stereocenters. The number of nitrogens with zero attached hydrogens (tertiary/aromatic N) is 1. The summed E-state index contributed by atoms with van der Waals surface area (Å²) in [7, 11) is 0. The summed E-state index contributed by atoms with van der Waals surface area (Å²) in [5, 5.41) is 3.01. The highest BCUT2D eigenvalue weighted by Gasteiger charge is 2.43. The van der Waals surface area contributed by atoms with Crippen molar-refractivity contribution in [1.82, 2.24) is 10.3 Å². The molecule has 4 heteroatoms. The van der Waals surface area contributed by atoms with Gasteiger partial charge in [0.25, 0.3) is 0 Å². The van der Waals surface area contributed by atoms with Crippen LogP contribution < -0.4 is 11.1 Å². The SMILES string of the molecule is C[C@@H](NC(=O)C1(CN)CCC1)c1ccccn1. The van der Waals surface area contributed by atoms with Crippen molar-refractivity contribution in [1.29, 1.82) is 0 Å². The molecule has 0 bridgehead atoms. The summed E-state index contributed by atoms with van der Waals surface area (Å²) in [6.45, 7) is 2.39. The predicted molar refractivity (Wildman–Crippen MR) is 66.1 cm³/mol. The second-order valence-electron chi connectivity index (χ2n) is 4.79. The van der Waals surface area contributed by atoms with Crippen LogP contribution in [-0.2, 0) is 4.79 Å². The zero-order valence-corrected chi connectivity index (χ0v) is 10.1. The molecule has 1 fully saturated rings. The Morgan fingerprint density at radius 1 is 1.59 bits per heavy atom. The molecule has 2 rings (SSSR count). The van der Waals surface area contributed by atoms with Gasteiger partial charge in [-0.05, 0) is 31.9 Å². The normalized spacial score (nSPS) is 19.2. The molecule has 3 N–H and O–H groups in total. The van der Waals surface area contributed by atoms with Crippen LogP contribution in [0.5, 0.6) is 0 Å². The molecule has 1 amide bonds. The highest BCUT2D eigenvalue weighted by Crippen LogP contribution is 2.40. The Balaban J connectivity index is 1.99. The Morgan fingerprint density at radius 2 is 2.35 bits per heavy atom. The Kier molecular flexibility index (Phi) is 3.43. The first-order chi connectivity index (χ1) is 8.18. The van der Waals surface area contributed by atoms with Crippen molar-refractivity contribution in [3.05, 3.63) is 30.1 Å². The second-order valence-corrected chi connectivity index (χ2v) is 4.79. The molecule has 1 aliphatic carbocycles. The lowest BCUT2D eigenvalue weighted by Gasteiger charge is -2.39. The van der Waals surface area contributed by atoms with Crippen LogP contribution in [0.2, 0.25) is 0 Å². The zero-order chi connectivity index (χ0) is 12.3. The molecular weight excluding hydrogens is 214 g/mol. The fourth-order valence-corrected chi connectivity index (χ4v) is 2.18. The molecule has 92 valence electrons. The van der Waals surface area contributed by atoms with Crippen LogP contribution in [0.15, 0.2) is 24.4 Å². The van der Waals surface area contributed by atoms with Gasteiger partial charge in [0.15, 0.2) is 0 Å². The minimum atomic E-state index is -0.316. The number of hydrogen-bond donors (Lipinski definition) is 2. The lowest BCUT2D eigenvalue weighted by atomic mass is 9.68. The molecule has 1 aromatic rings. The number of carbonyl (C=O) groups excluding carboxylic acids is 1. The van der Waals surface area contributed by atoms with E-state index in [-0.39, 0.29) is 17.4 Å². The molecular formula is C13H19N3O. The highest BCUT2D eigenvalue weighted by molar-refractivity contribution is 5.84. The maximum Gasteiger partial charge on any atom is 0.228 e. The van der Waals surface area contributed by atoms with E-state index in [0.29, 0.717) is 6.54 Å². The van der Waals surface area contributed by atoms with Crippen LogP contribution in [0, 0.1) is 5.41 Å². The van der Waals surface area contributed by atoms with Crippen LogP contribution in [-0.4, -0.2) is 17.4 Å². The molecule has 0 aliphatic heterocycles. The van der Waals surface area contributed by atoms with Gasteiger partial charge in [-0.2, -0.15) is 0 Å². The molecule has 0 saturated heterocycles. The highest BCUT2D eigenvalue weighted by atomic mass is 16.2. The molecule has 4 nitrogen and oxygen atoms in total. The minimum absolute atomic E-state index is 0.0623. The number of amides is 1. The average molecular weight is 233 g/mol. The summed E-state index contributed by atoms with van der Waals surface area (Å²) in [5.74, 6) is 0.0735. The standard InChI is InChI=1S/C13H19N3O/c1-10(11-5-2-3-8-15-11)16-12(17)13(9-14)6-4-7-13/h2-3,5,8,10H,4,6-7,9,14H2,1H3,(H,16,17)/t10-/m1/s1. The number of rotatable bonds is 4. The molecule has 1 atom stereocenters. The first kappa shape index (κ1) is 12.0. The molecule has 1 saturated carbocycles. The third-order valence-electron chi connectivity index (χ3n) is 3.66. The molecule has 0 spiro atoms. The largest absolute Gasteiger partial charge is 0.347 e. The fourth-order valence-electron chi connectivity index (χ4n) is 2.18. The van der Waals surface area contributed by atoms with Crippen LogP contribution in [0.25, 0.3) is 0 Å². The van der Waals surface area contributed by atoms with Gasteiger partial charge in [0, 0.05) is 12.7 Å². The summed E-state index contributed by atoms with van der Waals surface area (Å²) in [5.41, 5.74) is 6.27. The third kappa shape index (κ3) is 2.31. The van der Waals surface area contributed by atoms with E-state index in [9.17, 15) is 4.79 Å². The number of hydrogen-bond acceptors (Lipinski definition) is 3. The maximum absolute atomic E-state index is 12.1. The van der Waals surface area contributed by atoms with Gasteiger partial charge in [-0.25, -0.2) is 0 Å². The van der Waals surface area contributed by atoms with Crippen molar-refractivity contribution in [3.8, 4) is 0 Å². The van der Waals surface area contributed by atoms with E-state index in [2.05, 4.69) is 10.3 Å². The fraction of sp³-hybridized carbons (Fsp3) is 0.538. The van der Waals surface area contributed by atoms with Crippen LogP contribution in [0.1, 0.15) is 37.9 Å². The minimum Gasteiger partial charge on any atom is -0.347 e. The van der Waals surface area contributed by atoms with E-state index in [1.54, 1.807) is 6.20 Å². The molecule has 0 radical (unpaired) electrons. The third-order valence-corrected chi connectivity index (χ3v) is 3.66. The maximum atomic E-state index is 12.1. The Bertz CT molecular complexity index is 381. The summed E-state index contributed by atoms with van der Waals surface area (Å²) >= 11 is 0. The van der Waals surface area contributed by atoms with E-state index in [1.807, 2.05) is 25.1 Å². The van der Waals surface area contributed by atoms with Gasteiger partial charge >= 0.3 is 0 Å². The van der Waals surface area contributed by atoms with E-state index in [4.69, 9.17) is 5.73 Å². The van der Waals surface area contributed by atoms with Gasteiger partial charge < -0.3 is 11.1 Å². The Morgan fingerprint density at radius 3 is 2.82 bits per heavy atom. The van der Waals surface area contributed by atoms with Crippen molar-refractivity contribution in [2.24, 2.45) is 11.1 Å². The van der Waals surface area contributed by atoms with Crippen LogP contribution >= 0.6 is 0 Å². The summed E-state index contributed by atoms with van der Waals surface area (Å²) in [6.07, 6.45) is 4.65. The number of nitrogens with two attached hydrogens (primary N) is 1. The predicted octanol–water partition coefficient (Wildman–Crippen LogP) is 1.39. The van der Waals surface area contributed by atoms with Gasteiger partial charge in [0.05, 0.1) is 17.2 Å². The first-order valence-corrected chi connectivity index (χ1v) is 6.10. The van der Waals surface area contributed by atoms with Gasteiger partial charge in [-0.1, -0.05) is 12.5 Å². The van der Waals surface area contributed by atoms with Gasteiger partial charge in [-0.3, -0.25) is 9.78 Å². The smallest absolute Gasteiger partial charge is 0.228 e. The second kappa shape index (κ2) is 4.84. The van der Waals surface area contributed by atoms with Gasteiger partial charge in [0.2, 0.25) is 5.91 Å². The monoisotopic (exact) mass is 233 g/mol. The van der Waals surface area contributed by atoms with E-state index < -0.39 is 0 Å². The lowest BCUT2D eigenvalue weighted by molar-refractivity contribution is -0.135. The van der Waals surface area contributed by atoms with E-state index >= 15 is 0 Å². The number of nitrogens with one attached hydrogen (secondary N) is 1. The van der Waals surface area contributed by atoms with Crippen molar-refractivity contribution >= 4 is 5.91 Å². The zero-order valence-electron chi connectivity index (χ0n) is 10.1. The van der Waals surface area contributed by atoms with E-state index in [0.717, 1.165) is 25.0 Å². The topological polar surface area (TPSA) is 68.0 Å². The average Bonchev–Trinajstić information content (AvgIpc) is 2.29. The van der Waals surface area contributed by atoms with Crippen LogP contribution in [0.3, 0.4) is 0 Å². The van der Waals surface area contributed by atoms with Crippen molar-refractivity contribution in [3.63, 3.8) is 0 Å². The quantitative estimate of drug-likeness (QED) is 0.825. The van der Waals surface area contributed by atoms with Crippen molar-refractivity contribution in [2.75, 3.05) is 6.54 Å². The lowest BCUT2D eigenvalue weighted by Crippen LogP contribution is -2.50. The molecule has 17 heavy (non-hydrogen) atoms. The molecule has 0 aromatic carbocycles. The Hall–Kier alpha value is -1.42. The van der Waals surface area contributed by atoms with Gasteiger partial charge in [0.1, 0.15) is 0 Å². The molecule has 1 heterocycles. The molecule has 1 aromatic heterocycles. The van der Waals surface area contributed by atoms with E-state index in [1.165, 1.54) is 0 Å². The number of carbonyl (C=O) groups is 1. The van der Waals surface area contributed by atoms with Gasteiger partial charge in [-0.15, -0.1) is 0 Å². The van der Waals surface area contributed by atoms with Crippen molar-refractivity contribution in [2.45, 2.75) is 32.2 Å². The summed E-state index contributed by atoms with van der Waals surface area (Å²) in [4.78, 5) is 16.4. The van der Waals surface area contributed by atoms with Crippen molar-refractivity contribution < 1.29 is 4.79 Å².